The Hall–Kier alpha value is -1.08. The molecule has 2 aliphatic heterocycles. The van der Waals surface area contributed by atoms with Gasteiger partial charge < -0.3 is 19.6 Å². The van der Waals surface area contributed by atoms with Gasteiger partial charge in [0.15, 0.2) is 13.5 Å². The fourth-order valence-electron chi connectivity index (χ4n) is 4.12. The molecule has 3 heterocycles. The number of carbonyl (C=O) groups excluding carboxylic acids is 1. The summed E-state index contributed by atoms with van der Waals surface area (Å²) >= 11 is 6.53. The lowest BCUT2D eigenvalue weighted by molar-refractivity contribution is -0.168. The second kappa shape index (κ2) is 10.6. The van der Waals surface area contributed by atoms with Crippen molar-refractivity contribution in [3.05, 3.63) is 50.9 Å². The largest absolute Gasteiger partial charge is 0.414 e. The van der Waals surface area contributed by atoms with Gasteiger partial charge in [0.25, 0.3) is 5.91 Å². The van der Waals surface area contributed by atoms with E-state index in [1.807, 2.05) is 23.6 Å². The quantitative estimate of drug-likeness (QED) is 0.423. The molecule has 0 saturated carbocycles. The van der Waals surface area contributed by atoms with Crippen LogP contribution in [0.1, 0.15) is 42.6 Å². The highest BCUT2D eigenvalue weighted by Gasteiger charge is 2.55. The van der Waals surface area contributed by atoms with Gasteiger partial charge in [-0.1, -0.05) is 50.7 Å². The number of nitrogens with zero attached hydrogens (tertiary/aromatic N) is 2. The van der Waals surface area contributed by atoms with E-state index in [9.17, 15) is 9.90 Å². The number of aliphatic hydroxyl groups excluding tert-OH is 1. The molecule has 1 saturated heterocycles. The zero-order valence-corrected chi connectivity index (χ0v) is 25.6. The van der Waals surface area contributed by atoms with Crippen molar-refractivity contribution in [3.63, 3.8) is 0 Å². The molecule has 1 fully saturated rings. The predicted octanol–water partition coefficient (Wildman–Crippen LogP) is 5.42. The molecule has 0 radical (unpaired) electrons. The van der Waals surface area contributed by atoms with Crippen LogP contribution in [0.25, 0.3) is 0 Å². The maximum Gasteiger partial charge on any atom is 0.257 e. The molecule has 196 valence electrons. The molecule has 4 rings (SSSR count). The standard InChI is InChI=1S/C25H34BrN3O4S2Si/c1-23(2,3)36(4,5)33-15-24(14-30)11-18-12-35-22(28-20(31)17-9-7-6-8-10-17)29-25(18,16-32-24)21-27-19(26)13-34-21/h6-10,13,18,30H,11-12,14-16H2,1-5H3,(H,28,29,31)/t18-,24-,25-/m0/s1. The molecule has 1 aromatic heterocycles. The van der Waals surface area contributed by atoms with Crippen LogP contribution in [-0.4, -0.2) is 60.7 Å². The second-order valence-corrected chi connectivity index (χ2v) is 18.5. The SMILES string of the molecule is CC(C)(C)[Si](C)(C)OC[C@@]1(CO)C[C@H]2CSC(NC(=O)c3ccccc3)=N[C@@]2(c2nc(Br)cs2)CO1. The molecular weight excluding hydrogens is 578 g/mol. The molecule has 3 atom stereocenters. The van der Waals surface area contributed by atoms with Crippen LogP contribution in [0.4, 0.5) is 0 Å². The van der Waals surface area contributed by atoms with Gasteiger partial charge in [0.1, 0.15) is 20.8 Å². The minimum absolute atomic E-state index is 0.0573. The maximum atomic E-state index is 12.8. The lowest BCUT2D eigenvalue weighted by Crippen LogP contribution is -2.59. The summed E-state index contributed by atoms with van der Waals surface area (Å²) in [5.41, 5.74) is -0.952. The number of hydrogen-bond acceptors (Lipinski definition) is 8. The number of halogens is 1. The Kier molecular flexibility index (Phi) is 8.22. The third-order valence-electron chi connectivity index (χ3n) is 7.51. The number of aliphatic hydroxyl groups is 1. The fourth-order valence-corrected chi connectivity index (χ4v) is 7.78. The molecule has 2 N–H and O–H groups in total. The first-order valence-corrected chi connectivity index (χ1v) is 17.6. The van der Waals surface area contributed by atoms with Crippen molar-refractivity contribution in [2.45, 2.75) is 56.5 Å². The van der Waals surface area contributed by atoms with Crippen LogP contribution in [0.2, 0.25) is 18.1 Å². The van der Waals surface area contributed by atoms with E-state index in [1.54, 1.807) is 12.1 Å². The van der Waals surface area contributed by atoms with Crippen LogP contribution < -0.4 is 5.32 Å². The number of ether oxygens (including phenoxy) is 1. The number of benzene rings is 1. The van der Waals surface area contributed by atoms with Crippen LogP contribution in [0.3, 0.4) is 0 Å². The van der Waals surface area contributed by atoms with Crippen molar-refractivity contribution >= 4 is 58.4 Å². The third kappa shape index (κ3) is 5.67. The van der Waals surface area contributed by atoms with Gasteiger partial charge in [-0.2, -0.15) is 0 Å². The predicted molar refractivity (Wildman–Crippen MR) is 152 cm³/mol. The number of rotatable bonds is 6. The average molecular weight is 613 g/mol. The molecule has 1 aromatic carbocycles. The number of amidine groups is 1. The maximum absolute atomic E-state index is 12.8. The summed E-state index contributed by atoms with van der Waals surface area (Å²) in [5, 5.41) is 16.9. The van der Waals surface area contributed by atoms with E-state index in [1.165, 1.54) is 23.1 Å². The van der Waals surface area contributed by atoms with Gasteiger partial charge in [0.2, 0.25) is 0 Å². The number of thioether (sulfide) groups is 1. The monoisotopic (exact) mass is 611 g/mol. The Labute approximate surface area is 230 Å². The zero-order chi connectivity index (χ0) is 26.2. The number of thiazole rings is 1. The number of nitrogens with one attached hydrogen (secondary N) is 1. The summed E-state index contributed by atoms with van der Waals surface area (Å²) in [7, 11) is -2.02. The van der Waals surface area contributed by atoms with Crippen molar-refractivity contribution in [2.75, 3.05) is 25.6 Å². The second-order valence-electron chi connectivity index (χ2n) is 11.0. The molecular formula is C25H34BrN3O4S2Si. The normalized spacial score (nSPS) is 26.8. The minimum Gasteiger partial charge on any atom is -0.414 e. The Morgan fingerprint density at radius 2 is 2.06 bits per heavy atom. The van der Waals surface area contributed by atoms with Crippen molar-refractivity contribution in [1.29, 1.82) is 0 Å². The molecule has 2 aliphatic rings. The molecule has 0 unspecified atom stereocenters. The number of amides is 1. The molecule has 0 bridgehead atoms. The molecule has 0 spiro atoms. The first-order chi connectivity index (χ1) is 16.9. The number of hydrogen-bond donors (Lipinski definition) is 2. The van der Waals surface area contributed by atoms with Gasteiger partial charge in [-0.15, -0.1) is 11.3 Å². The highest BCUT2D eigenvalue weighted by atomic mass is 79.9. The van der Waals surface area contributed by atoms with E-state index in [4.69, 9.17) is 19.1 Å². The van der Waals surface area contributed by atoms with Gasteiger partial charge in [-0.3, -0.25) is 4.79 Å². The van der Waals surface area contributed by atoms with Gasteiger partial charge in [-0.25, -0.2) is 9.98 Å². The number of aromatic nitrogens is 1. The lowest BCUT2D eigenvalue weighted by atomic mass is 9.76. The van der Waals surface area contributed by atoms with E-state index in [0.29, 0.717) is 23.8 Å². The summed E-state index contributed by atoms with van der Waals surface area (Å²) in [6, 6.07) is 9.11. The van der Waals surface area contributed by atoms with E-state index in [0.717, 1.165) is 15.4 Å². The molecule has 36 heavy (non-hydrogen) atoms. The summed E-state index contributed by atoms with van der Waals surface area (Å²) in [6.07, 6.45) is 0.589. The van der Waals surface area contributed by atoms with E-state index in [2.05, 4.69) is 55.1 Å². The summed E-state index contributed by atoms with van der Waals surface area (Å²) in [6.45, 7) is 11.5. The molecule has 1 amide bonds. The summed E-state index contributed by atoms with van der Waals surface area (Å²) < 4.78 is 13.7. The number of aliphatic imine (C=N–C) groups is 1. The first kappa shape index (κ1) is 27.9. The Morgan fingerprint density at radius 3 is 2.67 bits per heavy atom. The highest BCUT2D eigenvalue weighted by Crippen LogP contribution is 2.50. The first-order valence-electron chi connectivity index (χ1n) is 12.0. The van der Waals surface area contributed by atoms with Crippen LogP contribution in [0.5, 0.6) is 0 Å². The average Bonchev–Trinajstić information content (AvgIpc) is 3.29. The number of carbonyl (C=O) groups is 1. The van der Waals surface area contributed by atoms with Crippen LogP contribution in [0.15, 0.2) is 45.3 Å². The minimum atomic E-state index is -2.02. The molecule has 11 heteroatoms. The number of fused-ring (bicyclic) bond motifs is 1. The third-order valence-corrected chi connectivity index (χ3v) is 14.7. The van der Waals surface area contributed by atoms with E-state index >= 15 is 0 Å². The fraction of sp³-hybridized carbons (Fsp3) is 0.560. The Morgan fingerprint density at radius 1 is 1.33 bits per heavy atom. The Bertz CT molecular complexity index is 1120. The smallest absolute Gasteiger partial charge is 0.257 e. The molecule has 7 nitrogen and oxygen atoms in total. The summed E-state index contributed by atoms with van der Waals surface area (Å²) in [5.74, 6) is 0.581. The van der Waals surface area contributed by atoms with Gasteiger partial charge in [-0.05, 0) is 52.6 Å². The van der Waals surface area contributed by atoms with Gasteiger partial charge >= 0.3 is 0 Å². The Balaban J connectivity index is 1.60. The zero-order valence-electron chi connectivity index (χ0n) is 21.3. The van der Waals surface area contributed by atoms with Gasteiger partial charge in [0, 0.05) is 22.6 Å². The van der Waals surface area contributed by atoms with Crippen molar-refractivity contribution < 1.29 is 19.1 Å². The van der Waals surface area contributed by atoms with Crippen LogP contribution >= 0.6 is 39.0 Å². The van der Waals surface area contributed by atoms with Crippen LogP contribution in [-0.2, 0) is 14.7 Å². The van der Waals surface area contributed by atoms with Crippen molar-refractivity contribution in [1.82, 2.24) is 10.3 Å². The topological polar surface area (TPSA) is 93.0 Å². The van der Waals surface area contributed by atoms with Crippen LogP contribution in [0, 0.1) is 5.92 Å². The van der Waals surface area contributed by atoms with Crippen molar-refractivity contribution in [3.8, 4) is 0 Å². The van der Waals surface area contributed by atoms with Gasteiger partial charge in [0.05, 0.1) is 19.8 Å². The molecule has 0 aliphatic carbocycles. The lowest BCUT2D eigenvalue weighted by Gasteiger charge is -2.50. The molecule has 2 aromatic rings. The van der Waals surface area contributed by atoms with E-state index in [-0.39, 0.29) is 30.1 Å². The summed E-state index contributed by atoms with van der Waals surface area (Å²) in [4.78, 5) is 22.6. The van der Waals surface area contributed by atoms with E-state index < -0.39 is 19.5 Å². The highest BCUT2D eigenvalue weighted by molar-refractivity contribution is 9.10. The van der Waals surface area contributed by atoms with Crippen molar-refractivity contribution in [2.24, 2.45) is 10.9 Å².